The number of furan rings is 1. The van der Waals surface area contributed by atoms with Gasteiger partial charge < -0.3 is 4.42 Å². The topological polar surface area (TPSA) is 61.7 Å². The molecule has 0 amide bonds. The van der Waals surface area contributed by atoms with Gasteiger partial charge in [0, 0.05) is 33.7 Å². The van der Waals surface area contributed by atoms with Crippen LogP contribution in [0.25, 0.3) is 66.1 Å². The Morgan fingerprint density at radius 3 is 1.81 bits per heavy atom. The number of rotatable bonds is 6. The van der Waals surface area contributed by atoms with E-state index < -0.39 is 0 Å². The van der Waals surface area contributed by atoms with E-state index in [9.17, 15) is 5.41 Å². The highest BCUT2D eigenvalue weighted by atomic mass is 16.3. The van der Waals surface area contributed by atoms with Gasteiger partial charge in [-0.05, 0) is 68.4 Å². The molecule has 0 unspecified atom stereocenters. The van der Waals surface area contributed by atoms with Gasteiger partial charge in [-0.3, -0.25) is 5.41 Å². The Morgan fingerprint density at radius 1 is 0.509 bits per heavy atom. The number of amidine groups is 2. The zero-order chi connectivity index (χ0) is 35.6. The van der Waals surface area contributed by atoms with Crippen LogP contribution in [0, 0.1) is 5.41 Å². The number of hydrogen-bond donors (Lipinski definition) is 1. The van der Waals surface area contributed by atoms with E-state index in [1.807, 2.05) is 91.1 Å². The molecule has 0 atom stereocenters. The monoisotopic (exact) mass is 679 g/mol. The fraction of sp³-hybridized carbons (Fsp3) is 0. The van der Waals surface area contributed by atoms with Crippen molar-refractivity contribution in [3.63, 3.8) is 0 Å². The molecule has 0 saturated carbocycles. The maximum absolute atomic E-state index is 9.44. The molecule has 4 nitrogen and oxygen atoms in total. The lowest BCUT2D eigenvalue weighted by Crippen LogP contribution is -2.05. The van der Waals surface area contributed by atoms with Gasteiger partial charge in [0.25, 0.3) is 0 Å². The Hall–Kier alpha value is -7.17. The minimum Gasteiger partial charge on any atom is -0.455 e. The van der Waals surface area contributed by atoms with Crippen molar-refractivity contribution in [3.8, 4) is 33.4 Å². The van der Waals surface area contributed by atoms with Gasteiger partial charge in [0.1, 0.15) is 11.2 Å². The second kappa shape index (κ2) is 13.9. The molecule has 9 rings (SSSR count). The maximum atomic E-state index is 9.44. The largest absolute Gasteiger partial charge is 0.455 e. The van der Waals surface area contributed by atoms with E-state index in [1.165, 1.54) is 16.5 Å². The van der Waals surface area contributed by atoms with Gasteiger partial charge in [0.05, 0.1) is 0 Å². The first-order chi connectivity index (χ1) is 26.2. The third-order valence-electron chi connectivity index (χ3n) is 9.66. The van der Waals surface area contributed by atoms with Crippen LogP contribution < -0.4 is 0 Å². The van der Waals surface area contributed by atoms with E-state index in [0.29, 0.717) is 11.4 Å². The van der Waals surface area contributed by atoms with Crippen LogP contribution in [-0.4, -0.2) is 17.9 Å². The minimum absolute atomic E-state index is 0.104. The van der Waals surface area contributed by atoms with Crippen LogP contribution >= 0.6 is 0 Å². The number of benzene rings is 8. The van der Waals surface area contributed by atoms with Gasteiger partial charge in [-0.1, -0.05) is 164 Å². The molecule has 250 valence electrons. The van der Waals surface area contributed by atoms with Gasteiger partial charge >= 0.3 is 0 Å². The molecule has 1 aromatic heterocycles. The van der Waals surface area contributed by atoms with E-state index in [2.05, 4.69) is 103 Å². The number of aliphatic imine (C=N–C) groups is 2. The molecule has 0 bridgehead atoms. The average molecular weight is 680 g/mol. The molecule has 1 heterocycles. The van der Waals surface area contributed by atoms with Crippen molar-refractivity contribution >= 4 is 50.6 Å². The zero-order valence-corrected chi connectivity index (χ0v) is 28.8. The molecule has 0 spiro atoms. The summed E-state index contributed by atoms with van der Waals surface area (Å²) in [4.78, 5) is 9.88. The van der Waals surface area contributed by atoms with Gasteiger partial charge in [-0.25, -0.2) is 9.98 Å². The van der Waals surface area contributed by atoms with Gasteiger partial charge in [0.15, 0.2) is 11.7 Å². The summed E-state index contributed by atoms with van der Waals surface area (Å²) in [5.74, 6) is 0.551. The molecule has 4 heteroatoms. The molecule has 0 radical (unpaired) electrons. The van der Waals surface area contributed by atoms with Crippen LogP contribution in [-0.2, 0) is 0 Å². The summed E-state index contributed by atoms with van der Waals surface area (Å²) in [6, 6.07) is 64.0. The number of nitrogens with one attached hydrogen (secondary N) is 1. The molecule has 1 N–H and O–H groups in total. The number of fused-ring (bicyclic) bond motifs is 4. The second-order valence-corrected chi connectivity index (χ2v) is 13.0. The predicted octanol–water partition coefficient (Wildman–Crippen LogP) is 12.6. The Labute approximate surface area is 307 Å². The van der Waals surface area contributed by atoms with Crippen molar-refractivity contribution in [1.82, 2.24) is 0 Å². The SMILES string of the molecule is N=C(N=C(N=Cc1ccc2ccccc2c1)c1ccc(-c2ccc(-c3ccccc3)cc2)cc1)c1ccc(-c2ccccc2)c2oc3ccccc3c12. The zero-order valence-electron chi connectivity index (χ0n) is 28.8. The molecule has 0 saturated heterocycles. The van der Waals surface area contributed by atoms with E-state index in [0.717, 1.165) is 60.7 Å². The van der Waals surface area contributed by atoms with Crippen LogP contribution in [0.1, 0.15) is 16.7 Å². The lowest BCUT2D eigenvalue weighted by molar-refractivity contribution is 0.670. The summed E-state index contributed by atoms with van der Waals surface area (Å²) in [5, 5.41) is 13.6. The fourth-order valence-electron chi connectivity index (χ4n) is 6.93. The van der Waals surface area contributed by atoms with E-state index in [4.69, 9.17) is 14.4 Å². The number of hydrogen-bond acceptors (Lipinski definition) is 2. The molecule has 0 fully saturated rings. The highest BCUT2D eigenvalue weighted by molar-refractivity contribution is 6.23. The smallest absolute Gasteiger partial charge is 0.161 e. The maximum Gasteiger partial charge on any atom is 0.161 e. The highest BCUT2D eigenvalue weighted by Crippen LogP contribution is 2.38. The standard InChI is InChI=1S/C49H33N3O/c50-48(44-30-29-42(39-14-5-2-6-15-39)47-46(44)43-17-9-10-18-45(43)53-47)52-49(51-32-33-19-20-35-13-7-8-16-41(35)31-33)40-27-25-38(26-28-40)37-23-21-36(22-24-37)34-11-3-1-4-12-34/h1-32,50H. The van der Waals surface area contributed by atoms with E-state index in [1.54, 1.807) is 0 Å². The Kier molecular flexibility index (Phi) is 8.31. The van der Waals surface area contributed by atoms with Crippen molar-refractivity contribution in [2.75, 3.05) is 0 Å². The molecule has 9 aromatic rings. The Bertz CT molecular complexity index is 2810. The first kappa shape index (κ1) is 31.8. The van der Waals surface area contributed by atoms with Gasteiger partial charge in [-0.2, -0.15) is 0 Å². The fourth-order valence-corrected chi connectivity index (χ4v) is 6.93. The first-order valence-electron chi connectivity index (χ1n) is 17.6. The summed E-state index contributed by atoms with van der Waals surface area (Å²) in [6.07, 6.45) is 1.83. The average Bonchev–Trinajstić information content (AvgIpc) is 3.62. The molecule has 0 aliphatic carbocycles. The normalized spacial score (nSPS) is 11.9. The van der Waals surface area contributed by atoms with Crippen LogP contribution in [0.15, 0.2) is 202 Å². The molecule has 0 aliphatic rings. The molecular formula is C49H33N3O. The lowest BCUT2D eigenvalue weighted by atomic mass is 9.98. The van der Waals surface area contributed by atoms with Crippen molar-refractivity contribution < 1.29 is 4.42 Å². The summed E-state index contributed by atoms with van der Waals surface area (Å²) in [6.45, 7) is 0. The van der Waals surface area contributed by atoms with E-state index >= 15 is 0 Å². The summed E-state index contributed by atoms with van der Waals surface area (Å²) in [5.41, 5.74) is 10.5. The Morgan fingerprint density at radius 2 is 1.09 bits per heavy atom. The van der Waals surface area contributed by atoms with Crippen molar-refractivity contribution in [1.29, 1.82) is 5.41 Å². The molecule has 0 aliphatic heterocycles. The third kappa shape index (κ3) is 6.35. The molecular weight excluding hydrogens is 647 g/mol. The summed E-state index contributed by atoms with van der Waals surface area (Å²) >= 11 is 0. The van der Waals surface area contributed by atoms with Crippen LogP contribution in [0.2, 0.25) is 0 Å². The third-order valence-corrected chi connectivity index (χ3v) is 9.66. The molecule has 8 aromatic carbocycles. The number of para-hydroxylation sites is 1. The first-order valence-corrected chi connectivity index (χ1v) is 17.6. The summed E-state index contributed by atoms with van der Waals surface area (Å²) < 4.78 is 6.47. The van der Waals surface area contributed by atoms with Gasteiger partial charge in [0.2, 0.25) is 0 Å². The van der Waals surface area contributed by atoms with Crippen molar-refractivity contribution in [3.05, 3.63) is 205 Å². The van der Waals surface area contributed by atoms with Crippen molar-refractivity contribution in [2.45, 2.75) is 0 Å². The summed E-state index contributed by atoms with van der Waals surface area (Å²) in [7, 11) is 0. The predicted molar refractivity (Wildman–Crippen MR) is 221 cm³/mol. The van der Waals surface area contributed by atoms with Crippen LogP contribution in [0.3, 0.4) is 0 Å². The second-order valence-electron chi connectivity index (χ2n) is 13.0. The highest BCUT2D eigenvalue weighted by Gasteiger charge is 2.19. The van der Waals surface area contributed by atoms with Crippen molar-refractivity contribution in [2.24, 2.45) is 9.98 Å². The number of nitrogens with zero attached hydrogens (tertiary/aromatic N) is 2. The quantitative estimate of drug-likeness (QED) is 0.138. The Balaban J connectivity index is 1.12. The van der Waals surface area contributed by atoms with Crippen LogP contribution in [0.4, 0.5) is 0 Å². The van der Waals surface area contributed by atoms with E-state index in [-0.39, 0.29) is 5.84 Å². The van der Waals surface area contributed by atoms with Crippen LogP contribution in [0.5, 0.6) is 0 Å². The molecule has 53 heavy (non-hydrogen) atoms. The van der Waals surface area contributed by atoms with Gasteiger partial charge in [-0.15, -0.1) is 0 Å². The lowest BCUT2D eigenvalue weighted by Gasteiger charge is -2.09. The minimum atomic E-state index is 0.104.